The Morgan fingerprint density at radius 1 is 1.08 bits per heavy atom. The van der Waals surface area contributed by atoms with Crippen molar-refractivity contribution in [3.05, 3.63) is 18.4 Å². The topological polar surface area (TPSA) is 40.5 Å². The lowest BCUT2D eigenvalue weighted by atomic mass is 9.42. The van der Waals surface area contributed by atoms with Crippen LogP contribution in [0.25, 0.3) is 0 Å². The van der Waals surface area contributed by atoms with Gasteiger partial charge in [-0.2, -0.15) is 0 Å². The minimum absolute atomic E-state index is 0.147. The predicted octanol–water partition coefficient (Wildman–Crippen LogP) is 4.71. The number of fused-ring (bicyclic) bond motifs is 5. The highest BCUT2D eigenvalue weighted by molar-refractivity contribution is 5.12. The maximum Gasteiger partial charge on any atom is 0.0828 e. The van der Waals surface area contributed by atoms with E-state index in [0.29, 0.717) is 17.3 Å². The summed E-state index contributed by atoms with van der Waals surface area (Å²) >= 11 is 0. The Morgan fingerprint density at radius 3 is 2.64 bits per heavy atom. The molecule has 0 bridgehead atoms. The average Bonchev–Trinajstić information content (AvgIpc) is 2.97. The van der Waals surface area contributed by atoms with E-state index >= 15 is 0 Å². The third kappa shape index (κ3) is 2.59. The third-order valence-corrected chi connectivity index (χ3v) is 9.33. The van der Waals surface area contributed by atoms with Gasteiger partial charge in [0.2, 0.25) is 0 Å². The lowest BCUT2D eigenvalue weighted by molar-refractivity contribution is -0.169. The molecule has 0 amide bonds. The summed E-state index contributed by atoms with van der Waals surface area (Å²) in [5.41, 5.74) is 3.53. The first-order valence-electron chi connectivity index (χ1n) is 10.6. The number of hydrogen-bond acceptors (Lipinski definition) is 2. The summed E-state index contributed by atoms with van der Waals surface area (Å²) in [5.74, 6) is 3.15. The van der Waals surface area contributed by atoms with E-state index in [2.05, 4.69) is 26.2 Å². The van der Waals surface area contributed by atoms with Crippen LogP contribution in [-0.4, -0.2) is 22.4 Å². The summed E-state index contributed by atoms with van der Waals surface area (Å²) in [4.78, 5) is 0. The fourth-order valence-electron chi connectivity index (χ4n) is 8.13. The minimum Gasteiger partial charge on any atom is -0.393 e. The Hall–Kier alpha value is -0.560. The number of aliphatic hydroxyl groups excluding tert-OH is 2. The average molecular weight is 345 g/mol. The molecule has 0 spiro atoms. The van der Waals surface area contributed by atoms with Gasteiger partial charge in [0.1, 0.15) is 0 Å². The van der Waals surface area contributed by atoms with Gasteiger partial charge in [-0.1, -0.05) is 26.8 Å². The summed E-state index contributed by atoms with van der Waals surface area (Å²) in [5, 5.41) is 21.3. The van der Waals surface area contributed by atoms with Crippen molar-refractivity contribution in [2.24, 2.45) is 40.4 Å². The summed E-state index contributed by atoms with van der Waals surface area (Å²) < 4.78 is 0. The van der Waals surface area contributed by atoms with Crippen molar-refractivity contribution in [2.45, 2.75) is 83.8 Å². The zero-order valence-electron chi connectivity index (χ0n) is 16.1. The van der Waals surface area contributed by atoms with Gasteiger partial charge < -0.3 is 10.2 Å². The molecule has 4 rings (SSSR count). The first-order valence-corrected chi connectivity index (χ1v) is 10.6. The molecule has 0 aromatic rings. The smallest absolute Gasteiger partial charge is 0.0828 e. The number of aliphatic hydroxyl groups is 2. The molecule has 4 aliphatic carbocycles. The molecule has 25 heavy (non-hydrogen) atoms. The molecular formula is C23H36O2. The fraction of sp³-hybridized carbons (Fsp3) is 0.870. The molecule has 4 saturated carbocycles. The van der Waals surface area contributed by atoms with Gasteiger partial charge in [0, 0.05) is 0 Å². The van der Waals surface area contributed by atoms with Crippen LogP contribution in [0.2, 0.25) is 0 Å². The lowest BCUT2D eigenvalue weighted by Crippen LogP contribution is -2.58. The molecule has 4 unspecified atom stereocenters. The highest BCUT2D eigenvalue weighted by Gasteiger charge is 2.61. The zero-order valence-corrected chi connectivity index (χ0v) is 16.1. The summed E-state index contributed by atoms with van der Waals surface area (Å²) in [7, 11) is 0. The second-order valence-electron chi connectivity index (χ2n) is 10.2. The van der Waals surface area contributed by atoms with Crippen molar-refractivity contribution in [3.8, 4) is 0 Å². The van der Waals surface area contributed by atoms with Gasteiger partial charge >= 0.3 is 0 Å². The van der Waals surface area contributed by atoms with Crippen LogP contribution in [0.5, 0.6) is 0 Å². The Labute approximate surface area is 153 Å². The summed E-state index contributed by atoms with van der Waals surface area (Å²) in [6.07, 6.45) is 12.1. The molecule has 4 aliphatic rings. The van der Waals surface area contributed by atoms with Crippen molar-refractivity contribution < 1.29 is 10.2 Å². The molecule has 2 N–H and O–H groups in total. The van der Waals surface area contributed by atoms with E-state index in [1.807, 2.05) is 0 Å². The van der Waals surface area contributed by atoms with Gasteiger partial charge in [0.25, 0.3) is 0 Å². The van der Waals surface area contributed by atoms with Crippen LogP contribution in [0.1, 0.15) is 71.6 Å². The maximum atomic E-state index is 10.9. The van der Waals surface area contributed by atoms with Gasteiger partial charge in [-0.05, 0) is 97.9 Å². The van der Waals surface area contributed by atoms with Crippen LogP contribution in [0.4, 0.5) is 0 Å². The van der Waals surface area contributed by atoms with Crippen molar-refractivity contribution >= 4 is 0 Å². The van der Waals surface area contributed by atoms with Gasteiger partial charge in [-0.15, -0.1) is 5.73 Å². The molecule has 0 aliphatic heterocycles. The maximum absolute atomic E-state index is 10.9. The van der Waals surface area contributed by atoms with E-state index < -0.39 is 6.10 Å². The first-order chi connectivity index (χ1) is 11.9. The quantitative estimate of drug-likeness (QED) is 0.712. The van der Waals surface area contributed by atoms with Crippen molar-refractivity contribution in [1.29, 1.82) is 0 Å². The standard InChI is InChI=1S/C23H36O2/c1-4-6-21(25)20-14-16(24)13-15-8-9-17-18-7-5-11-22(18,2)12-10-19(17)23(15,20)3/h6,15-21,24-25H,1,5,7-14H2,2-3H3/t15?,16?,17-,18-,19-,20?,21?,22-,23-/m0/s1. The van der Waals surface area contributed by atoms with E-state index in [9.17, 15) is 10.2 Å². The molecule has 2 heteroatoms. The Bertz CT molecular complexity index is 564. The highest BCUT2D eigenvalue weighted by atomic mass is 16.3. The summed E-state index contributed by atoms with van der Waals surface area (Å²) in [6.45, 7) is 8.68. The van der Waals surface area contributed by atoms with Crippen LogP contribution < -0.4 is 0 Å². The molecule has 9 atom stereocenters. The Balaban J connectivity index is 1.70. The SMILES string of the molecule is C=C=CC(O)C1CC(O)CC2CC[C@H]3[C@@H]4CCC[C@@]4(C)CC[C@@H]3[C@]21C. The molecule has 0 heterocycles. The second-order valence-corrected chi connectivity index (χ2v) is 10.2. The van der Waals surface area contributed by atoms with E-state index in [-0.39, 0.29) is 17.4 Å². The van der Waals surface area contributed by atoms with Crippen molar-refractivity contribution in [3.63, 3.8) is 0 Å². The highest BCUT2D eigenvalue weighted by Crippen LogP contribution is 2.67. The van der Waals surface area contributed by atoms with Gasteiger partial charge in [0.15, 0.2) is 0 Å². The van der Waals surface area contributed by atoms with Crippen LogP contribution in [-0.2, 0) is 0 Å². The number of hydrogen-bond donors (Lipinski definition) is 2. The van der Waals surface area contributed by atoms with E-state index in [1.54, 1.807) is 6.08 Å². The first kappa shape index (κ1) is 17.8. The largest absolute Gasteiger partial charge is 0.393 e. The van der Waals surface area contributed by atoms with Gasteiger partial charge in [0.05, 0.1) is 12.2 Å². The van der Waals surface area contributed by atoms with Gasteiger partial charge in [-0.3, -0.25) is 0 Å². The molecular weight excluding hydrogens is 308 g/mol. The van der Waals surface area contributed by atoms with Crippen molar-refractivity contribution in [1.82, 2.24) is 0 Å². The van der Waals surface area contributed by atoms with Crippen molar-refractivity contribution in [2.75, 3.05) is 0 Å². The predicted molar refractivity (Wildman–Crippen MR) is 101 cm³/mol. The molecule has 0 radical (unpaired) electrons. The molecule has 0 saturated heterocycles. The minimum atomic E-state index is -0.518. The Kier molecular flexibility index (Phi) is 4.46. The molecule has 0 aromatic carbocycles. The van der Waals surface area contributed by atoms with Crippen LogP contribution >= 0.6 is 0 Å². The van der Waals surface area contributed by atoms with Gasteiger partial charge in [-0.25, -0.2) is 0 Å². The zero-order chi connectivity index (χ0) is 17.8. The Morgan fingerprint density at radius 2 is 1.88 bits per heavy atom. The molecule has 2 nitrogen and oxygen atoms in total. The van der Waals surface area contributed by atoms with E-state index in [4.69, 9.17) is 0 Å². The van der Waals surface area contributed by atoms with Crippen LogP contribution in [0.3, 0.4) is 0 Å². The third-order valence-electron chi connectivity index (χ3n) is 9.33. The number of rotatable bonds is 2. The second kappa shape index (κ2) is 6.25. The van der Waals surface area contributed by atoms with Crippen LogP contribution in [0, 0.1) is 40.4 Å². The fourth-order valence-corrected chi connectivity index (χ4v) is 8.13. The van der Waals surface area contributed by atoms with Crippen LogP contribution in [0.15, 0.2) is 18.4 Å². The molecule has 140 valence electrons. The monoisotopic (exact) mass is 344 g/mol. The lowest BCUT2D eigenvalue weighted by Gasteiger charge is -2.63. The molecule has 0 aromatic heterocycles. The normalized spacial score (nSPS) is 53.1. The summed E-state index contributed by atoms with van der Waals surface area (Å²) in [6, 6.07) is 0. The van der Waals surface area contributed by atoms with E-state index in [0.717, 1.165) is 24.7 Å². The van der Waals surface area contributed by atoms with E-state index in [1.165, 1.54) is 44.9 Å². The molecule has 4 fully saturated rings.